The Hall–Kier alpha value is -1.61. The van der Waals surface area contributed by atoms with Crippen LogP contribution in [0.3, 0.4) is 0 Å². The molecule has 0 unspecified atom stereocenters. The predicted molar refractivity (Wildman–Crippen MR) is 69.8 cm³/mol. The summed E-state index contributed by atoms with van der Waals surface area (Å²) in [5.74, 6) is 0.134. The third kappa shape index (κ3) is 2.94. The van der Waals surface area contributed by atoms with E-state index in [1.165, 1.54) is 11.3 Å². The summed E-state index contributed by atoms with van der Waals surface area (Å²) < 4.78 is 0. The van der Waals surface area contributed by atoms with Gasteiger partial charge in [0.2, 0.25) is 0 Å². The van der Waals surface area contributed by atoms with Crippen molar-refractivity contribution in [3.8, 4) is 5.75 Å². The van der Waals surface area contributed by atoms with Gasteiger partial charge in [0.25, 0.3) is 0 Å². The van der Waals surface area contributed by atoms with Gasteiger partial charge in [0.15, 0.2) is 5.78 Å². The number of hydrogen-bond donors (Lipinski definition) is 1. The number of aryl methyl sites for hydroxylation is 2. The van der Waals surface area contributed by atoms with E-state index in [4.69, 9.17) is 0 Å². The van der Waals surface area contributed by atoms with E-state index in [1.807, 2.05) is 37.3 Å². The van der Waals surface area contributed by atoms with Crippen LogP contribution in [0.1, 0.15) is 26.5 Å². The maximum Gasteiger partial charge on any atom is 0.176 e. The molecule has 0 saturated heterocycles. The highest BCUT2D eigenvalue weighted by Crippen LogP contribution is 2.28. The molecule has 1 aromatic carbocycles. The maximum absolute atomic E-state index is 11.9. The minimum Gasteiger partial charge on any atom is -0.506 e. The molecule has 1 N–H and O–H groups in total. The molecule has 88 valence electrons. The molecule has 17 heavy (non-hydrogen) atoms. The minimum absolute atomic E-state index is 0.0180. The first-order chi connectivity index (χ1) is 8.16. The highest BCUT2D eigenvalue weighted by molar-refractivity contribution is 7.14. The number of Topliss-reactive ketones (excluding diaryl/α,β-unsaturated/α-hetero) is 1. The first kappa shape index (κ1) is 11.9. The van der Waals surface area contributed by atoms with Crippen molar-refractivity contribution in [2.45, 2.75) is 19.8 Å². The van der Waals surface area contributed by atoms with Crippen LogP contribution in [0.4, 0.5) is 0 Å². The van der Waals surface area contributed by atoms with Crippen LogP contribution in [-0.4, -0.2) is 10.9 Å². The minimum atomic E-state index is 0.0180. The summed E-state index contributed by atoms with van der Waals surface area (Å²) in [5, 5.41) is 9.59. The van der Waals surface area contributed by atoms with Crippen LogP contribution in [0.25, 0.3) is 0 Å². The molecule has 2 rings (SSSR count). The van der Waals surface area contributed by atoms with Gasteiger partial charge in [0, 0.05) is 11.3 Å². The lowest BCUT2D eigenvalue weighted by molar-refractivity contribution is 0.0984. The van der Waals surface area contributed by atoms with Gasteiger partial charge in [-0.15, -0.1) is 11.3 Å². The zero-order valence-electron chi connectivity index (χ0n) is 9.64. The van der Waals surface area contributed by atoms with Crippen LogP contribution in [0, 0.1) is 6.92 Å². The van der Waals surface area contributed by atoms with E-state index in [2.05, 4.69) is 0 Å². The summed E-state index contributed by atoms with van der Waals surface area (Å²) in [4.78, 5) is 13.4. The summed E-state index contributed by atoms with van der Waals surface area (Å²) in [6.45, 7) is 1.89. The molecule has 0 saturated carbocycles. The smallest absolute Gasteiger partial charge is 0.176 e. The Morgan fingerprint density at radius 3 is 2.59 bits per heavy atom. The number of rotatable bonds is 4. The average molecular weight is 246 g/mol. The lowest BCUT2D eigenvalue weighted by Crippen LogP contribution is -1.98. The lowest BCUT2D eigenvalue weighted by Gasteiger charge is -2.00. The molecule has 0 spiro atoms. The Morgan fingerprint density at radius 2 is 2.00 bits per heavy atom. The summed E-state index contributed by atoms with van der Waals surface area (Å²) >= 11 is 1.36. The van der Waals surface area contributed by atoms with Crippen LogP contribution in [0.2, 0.25) is 0 Å². The zero-order valence-corrected chi connectivity index (χ0v) is 10.5. The fraction of sp³-hybridized carbons (Fsp3) is 0.214. The molecule has 0 bridgehead atoms. The molecular formula is C14H14O2S. The number of carbonyl (C=O) groups is 1. The molecule has 2 nitrogen and oxygen atoms in total. The normalized spacial score (nSPS) is 10.4. The average Bonchev–Trinajstić information content (AvgIpc) is 2.67. The van der Waals surface area contributed by atoms with Crippen molar-refractivity contribution in [1.29, 1.82) is 0 Å². The molecular weight excluding hydrogens is 232 g/mol. The van der Waals surface area contributed by atoms with E-state index in [0.717, 1.165) is 16.9 Å². The standard InChI is InChI=1S/C14H14O2S/c1-10-9-13(16)14(17-10)12(15)8-7-11-5-3-2-4-6-11/h2-6,9,16H,7-8H2,1H3. The van der Waals surface area contributed by atoms with Crippen molar-refractivity contribution in [1.82, 2.24) is 0 Å². The molecule has 0 aliphatic carbocycles. The molecule has 0 fully saturated rings. The first-order valence-corrected chi connectivity index (χ1v) is 6.35. The topological polar surface area (TPSA) is 37.3 Å². The third-order valence-corrected chi connectivity index (χ3v) is 3.65. The van der Waals surface area contributed by atoms with Gasteiger partial charge >= 0.3 is 0 Å². The van der Waals surface area contributed by atoms with Gasteiger partial charge in [-0.3, -0.25) is 4.79 Å². The van der Waals surface area contributed by atoms with Crippen molar-refractivity contribution in [3.63, 3.8) is 0 Å². The number of carbonyl (C=O) groups excluding carboxylic acids is 1. The van der Waals surface area contributed by atoms with Gasteiger partial charge in [0.1, 0.15) is 10.6 Å². The Kier molecular flexibility index (Phi) is 3.59. The molecule has 0 aliphatic rings. The SMILES string of the molecule is Cc1cc(O)c(C(=O)CCc2ccccc2)s1. The summed E-state index contributed by atoms with van der Waals surface area (Å²) in [5.41, 5.74) is 1.15. The van der Waals surface area contributed by atoms with Gasteiger partial charge in [0.05, 0.1) is 0 Å². The fourth-order valence-electron chi connectivity index (χ4n) is 1.72. The van der Waals surface area contributed by atoms with E-state index < -0.39 is 0 Å². The van der Waals surface area contributed by atoms with E-state index >= 15 is 0 Å². The Bertz CT molecular complexity index is 514. The van der Waals surface area contributed by atoms with Crippen LogP contribution >= 0.6 is 11.3 Å². The number of aromatic hydroxyl groups is 1. The van der Waals surface area contributed by atoms with Crippen molar-refractivity contribution in [2.75, 3.05) is 0 Å². The number of benzene rings is 1. The summed E-state index contributed by atoms with van der Waals surface area (Å²) in [6, 6.07) is 11.5. The van der Waals surface area contributed by atoms with Crippen LogP contribution < -0.4 is 0 Å². The van der Waals surface area contributed by atoms with Crippen LogP contribution in [-0.2, 0) is 6.42 Å². The van der Waals surface area contributed by atoms with Gasteiger partial charge in [-0.25, -0.2) is 0 Å². The van der Waals surface area contributed by atoms with Gasteiger partial charge in [-0.05, 0) is 25.0 Å². The second-order valence-electron chi connectivity index (χ2n) is 3.98. The second-order valence-corrected chi connectivity index (χ2v) is 5.24. The predicted octanol–water partition coefficient (Wildman–Crippen LogP) is 3.58. The molecule has 0 atom stereocenters. The highest BCUT2D eigenvalue weighted by Gasteiger charge is 2.14. The van der Waals surface area contributed by atoms with Crippen molar-refractivity contribution < 1.29 is 9.90 Å². The van der Waals surface area contributed by atoms with Gasteiger partial charge < -0.3 is 5.11 Å². The molecule has 2 aromatic rings. The summed E-state index contributed by atoms with van der Waals surface area (Å²) in [7, 11) is 0. The monoisotopic (exact) mass is 246 g/mol. The molecule has 3 heteroatoms. The lowest BCUT2D eigenvalue weighted by atomic mass is 10.1. The first-order valence-electron chi connectivity index (χ1n) is 5.53. The molecule has 0 aliphatic heterocycles. The molecule has 0 amide bonds. The van der Waals surface area contributed by atoms with E-state index in [0.29, 0.717) is 11.3 Å². The zero-order chi connectivity index (χ0) is 12.3. The Labute approximate surface area is 105 Å². The number of hydrogen-bond acceptors (Lipinski definition) is 3. The molecule has 0 radical (unpaired) electrons. The van der Waals surface area contributed by atoms with Gasteiger partial charge in [-0.1, -0.05) is 30.3 Å². The van der Waals surface area contributed by atoms with Crippen molar-refractivity contribution in [3.05, 3.63) is 51.7 Å². The van der Waals surface area contributed by atoms with Crippen LogP contribution in [0.5, 0.6) is 5.75 Å². The van der Waals surface area contributed by atoms with Crippen LogP contribution in [0.15, 0.2) is 36.4 Å². The Morgan fingerprint density at radius 1 is 1.29 bits per heavy atom. The van der Waals surface area contributed by atoms with E-state index in [1.54, 1.807) is 6.07 Å². The number of thiophene rings is 1. The van der Waals surface area contributed by atoms with Gasteiger partial charge in [-0.2, -0.15) is 0 Å². The largest absolute Gasteiger partial charge is 0.506 e. The third-order valence-electron chi connectivity index (χ3n) is 2.57. The Balaban J connectivity index is 2.01. The maximum atomic E-state index is 11.9. The second kappa shape index (κ2) is 5.15. The van der Waals surface area contributed by atoms with Crippen molar-refractivity contribution in [2.24, 2.45) is 0 Å². The fourth-order valence-corrected chi connectivity index (χ4v) is 2.59. The van der Waals surface area contributed by atoms with E-state index in [-0.39, 0.29) is 11.5 Å². The van der Waals surface area contributed by atoms with E-state index in [9.17, 15) is 9.90 Å². The van der Waals surface area contributed by atoms with Crippen molar-refractivity contribution >= 4 is 17.1 Å². The molecule has 1 aromatic heterocycles. The summed E-state index contributed by atoms with van der Waals surface area (Å²) in [6.07, 6.45) is 1.16. The highest BCUT2D eigenvalue weighted by atomic mass is 32.1. The number of ketones is 1. The molecule has 1 heterocycles. The quantitative estimate of drug-likeness (QED) is 0.837.